The van der Waals surface area contributed by atoms with Gasteiger partial charge in [0.05, 0.1) is 22.8 Å². The quantitative estimate of drug-likeness (QED) is 0.729. The number of imidazole rings is 1. The molecule has 0 amide bonds. The maximum Gasteiger partial charge on any atom is 0.323 e. The van der Waals surface area contributed by atoms with E-state index >= 15 is 0 Å². The molecule has 0 saturated heterocycles. The SMILES string of the molecule is O=C(O)Cn1c(-c2cn[nH]c2)nc2ccccc21. The summed E-state index contributed by atoms with van der Waals surface area (Å²) >= 11 is 0. The summed E-state index contributed by atoms with van der Waals surface area (Å²) in [5.74, 6) is -0.296. The zero-order valence-corrected chi connectivity index (χ0v) is 9.37. The van der Waals surface area contributed by atoms with Crippen molar-refractivity contribution in [3.8, 4) is 11.4 Å². The van der Waals surface area contributed by atoms with Crippen molar-refractivity contribution in [2.24, 2.45) is 0 Å². The minimum atomic E-state index is -0.900. The van der Waals surface area contributed by atoms with Crippen molar-refractivity contribution in [2.45, 2.75) is 6.54 Å². The van der Waals surface area contributed by atoms with Crippen LogP contribution in [0.15, 0.2) is 36.7 Å². The van der Waals surface area contributed by atoms with Crippen LogP contribution in [-0.4, -0.2) is 30.8 Å². The topological polar surface area (TPSA) is 83.8 Å². The molecule has 0 bridgehead atoms. The van der Waals surface area contributed by atoms with Crippen molar-refractivity contribution in [3.05, 3.63) is 36.7 Å². The van der Waals surface area contributed by atoms with Crippen LogP contribution >= 0.6 is 0 Å². The van der Waals surface area contributed by atoms with Crippen molar-refractivity contribution in [1.82, 2.24) is 19.7 Å². The molecule has 1 aromatic carbocycles. The predicted molar refractivity (Wildman–Crippen MR) is 65.0 cm³/mol. The number of para-hydroxylation sites is 2. The van der Waals surface area contributed by atoms with Gasteiger partial charge in [0.2, 0.25) is 0 Å². The first-order valence-electron chi connectivity index (χ1n) is 5.42. The predicted octanol–water partition coefficient (Wildman–Crippen LogP) is 1.51. The highest BCUT2D eigenvalue weighted by atomic mass is 16.4. The molecule has 0 radical (unpaired) electrons. The van der Waals surface area contributed by atoms with Gasteiger partial charge in [-0.25, -0.2) is 4.98 Å². The summed E-state index contributed by atoms with van der Waals surface area (Å²) < 4.78 is 1.67. The van der Waals surface area contributed by atoms with Crippen molar-refractivity contribution in [2.75, 3.05) is 0 Å². The van der Waals surface area contributed by atoms with Gasteiger partial charge in [0.25, 0.3) is 0 Å². The number of carboxylic acids is 1. The van der Waals surface area contributed by atoms with Gasteiger partial charge in [-0.3, -0.25) is 9.89 Å². The third-order valence-electron chi connectivity index (χ3n) is 2.70. The monoisotopic (exact) mass is 242 g/mol. The number of H-pyrrole nitrogens is 1. The fourth-order valence-electron chi connectivity index (χ4n) is 1.96. The van der Waals surface area contributed by atoms with Crippen LogP contribution in [0.25, 0.3) is 22.4 Å². The molecule has 6 heteroatoms. The van der Waals surface area contributed by atoms with E-state index in [2.05, 4.69) is 15.2 Å². The number of carboxylic acid groups (broad SMARTS) is 1. The second kappa shape index (κ2) is 3.99. The first-order chi connectivity index (χ1) is 8.75. The lowest BCUT2D eigenvalue weighted by molar-refractivity contribution is -0.137. The maximum atomic E-state index is 11.0. The molecular weight excluding hydrogens is 232 g/mol. The minimum Gasteiger partial charge on any atom is -0.480 e. The third-order valence-corrected chi connectivity index (χ3v) is 2.70. The molecule has 0 aliphatic rings. The van der Waals surface area contributed by atoms with Crippen molar-refractivity contribution >= 4 is 17.0 Å². The number of aromatic nitrogens is 4. The third kappa shape index (κ3) is 1.64. The number of rotatable bonds is 3. The number of aromatic amines is 1. The molecule has 6 nitrogen and oxygen atoms in total. The number of nitrogens with one attached hydrogen (secondary N) is 1. The molecule has 2 heterocycles. The number of carbonyl (C=O) groups is 1. The van der Waals surface area contributed by atoms with Crippen molar-refractivity contribution < 1.29 is 9.90 Å². The number of hydrogen-bond acceptors (Lipinski definition) is 3. The van der Waals surface area contributed by atoms with Crippen LogP contribution in [-0.2, 0) is 11.3 Å². The molecule has 90 valence electrons. The van der Waals surface area contributed by atoms with Gasteiger partial charge < -0.3 is 9.67 Å². The van der Waals surface area contributed by atoms with E-state index < -0.39 is 5.97 Å². The molecule has 0 fully saturated rings. The summed E-state index contributed by atoms with van der Waals surface area (Å²) in [7, 11) is 0. The zero-order valence-electron chi connectivity index (χ0n) is 9.37. The van der Waals surface area contributed by atoms with E-state index in [1.807, 2.05) is 24.3 Å². The van der Waals surface area contributed by atoms with Crippen LogP contribution in [0.3, 0.4) is 0 Å². The Balaban J connectivity index is 2.26. The van der Waals surface area contributed by atoms with Crippen LogP contribution in [0.2, 0.25) is 0 Å². The highest BCUT2D eigenvalue weighted by molar-refractivity contribution is 5.82. The van der Waals surface area contributed by atoms with Gasteiger partial charge in [0, 0.05) is 6.20 Å². The summed E-state index contributed by atoms with van der Waals surface area (Å²) in [5.41, 5.74) is 2.35. The van der Waals surface area contributed by atoms with E-state index in [4.69, 9.17) is 5.11 Å². The van der Waals surface area contributed by atoms with Crippen LogP contribution in [0, 0.1) is 0 Å². The Bertz CT molecular complexity index is 700. The van der Waals surface area contributed by atoms with Crippen LogP contribution in [0.4, 0.5) is 0 Å². The van der Waals surface area contributed by atoms with E-state index in [1.165, 1.54) is 0 Å². The van der Waals surface area contributed by atoms with E-state index in [0.717, 1.165) is 16.6 Å². The fraction of sp³-hybridized carbons (Fsp3) is 0.0833. The van der Waals surface area contributed by atoms with Crippen molar-refractivity contribution in [1.29, 1.82) is 0 Å². The molecule has 2 aromatic heterocycles. The average molecular weight is 242 g/mol. The number of fused-ring (bicyclic) bond motifs is 1. The Morgan fingerprint density at radius 2 is 2.22 bits per heavy atom. The lowest BCUT2D eigenvalue weighted by Crippen LogP contribution is -2.09. The molecule has 0 spiro atoms. The van der Waals surface area contributed by atoms with E-state index in [9.17, 15) is 4.79 Å². The standard InChI is InChI=1S/C12H10N4O2/c17-11(18)7-16-10-4-2-1-3-9(10)15-12(16)8-5-13-14-6-8/h1-6H,7H2,(H,13,14)(H,17,18). The van der Waals surface area contributed by atoms with Gasteiger partial charge in [-0.2, -0.15) is 5.10 Å². The molecule has 0 unspecified atom stereocenters. The lowest BCUT2D eigenvalue weighted by Gasteiger charge is -2.04. The largest absolute Gasteiger partial charge is 0.480 e. The molecule has 18 heavy (non-hydrogen) atoms. The van der Waals surface area contributed by atoms with E-state index in [-0.39, 0.29) is 6.54 Å². The molecule has 0 atom stereocenters. The molecule has 0 aliphatic carbocycles. The molecule has 2 N–H and O–H groups in total. The number of aliphatic carboxylic acids is 1. The van der Waals surface area contributed by atoms with Crippen LogP contribution in [0.5, 0.6) is 0 Å². The Kier molecular flexibility index (Phi) is 2.33. The molecule has 0 saturated carbocycles. The molecule has 3 rings (SSSR count). The second-order valence-electron chi connectivity index (χ2n) is 3.89. The Morgan fingerprint density at radius 3 is 2.94 bits per heavy atom. The van der Waals surface area contributed by atoms with Gasteiger partial charge in [-0.15, -0.1) is 0 Å². The second-order valence-corrected chi connectivity index (χ2v) is 3.89. The van der Waals surface area contributed by atoms with E-state index in [1.54, 1.807) is 17.0 Å². The van der Waals surface area contributed by atoms with Gasteiger partial charge in [-0.05, 0) is 12.1 Å². The zero-order chi connectivity index (χ0) is 12.5. The van der Waals surface area contributed by atoms with Crippen LogP contribution in [0.1, 0.15) is 0 Å². The van der Waals surface area contributed by atoms with Gasteiger partial charge in [-0.1, -0.05) is 12.1 Å². The molecular formula is C12H10N4O2. The summed E-state index contributed by atoms with van der Waals surface area (Å²) in [5, 5.41) is 15.6. The highest BCUT2D eigenvalue weighted by Gasteiger charge is 2.14. The number of nitrogens with zero attached hydrogens (tertiary/aromatic N) is 3. The average Bonchev–Trinajstić information content (AvgIpc) is 2.96. The summed E-state index contributed by atoms with van der Waals surface area (Å²) in [6.45, 7) is -0.124. The van der Waals surface area contributed by atoms with Gasteiger partial charge in [0.1, 0.15) is 12.4 Å². The van der Waals surface area contributed by atoms with E-state index in [0.29, 0.717) is 5.82 Å². The number of benzene rings is 1. The summed E-state index contributed by atoms with van der Waals surface area (Å²) in [6, 6.07) is 7.45. The fourth-order valence-corrected chi connectivity index (χ4v) is 1.96. The minimum absolute atomic E-state index is 0.124. The highest BCUT2D eigenvalue weighted by Crippen LogP contribution is 2.23. The smallest absolute Gasteiger partial charge is 0.323 e. The van der Waals surface area contributed by atoms with Gasteiger partial charge in [0.15, 0.2) is 0 Å². The number of hydrogen-bond donors (Lipinski definition) is 2. The first kappa shape index (κ1) is 10.5. The first-order valence-corrected chi connectivity index (χ1v) is 5.42. The lowest BCUT2D eigenvalue weighted by atomic mass is 10.3. The Labute approximate surface area is 102 Å². The summed E-state index contributed by atoms with van der Waals surface area (Å²) in [6.07, 6.45) is 3.32. The van der Waals surface area contributed by atoms with Crippen LogP contribution < -0.4 is 0 Å². The van der Waals surface area contributed by atoms with Crippen molar-refractivity contribution in [3.63, 3.8) is 0 Å². The normalized spacial score (nSPS) is 10.9. The molecule has 3 aromatic rings. The maximum absolute atomic E-state index is 11.0. The Hall–Kier alpha value is -2.63. The Morgan fingerprint density at radius 1 is 1.39 bits per heavy atom. The summed E-state index contributed by atoms with van der Waals surface area (Å²) in [4.78, 5) is 15.4. The molecule has 0 aliphatic heterocycles. The van der Waals surface area contributed by atoms with Gasteiger partial charge >= 0.3 is 5.97 Å².